The van der Waals surface area contributed by atoms with E-state index in [-0.39, 0.29) is 16.7 Å². The second kappa shape index (κ2) is 7.47. The summed E-state index contributed by atoms with van der Waals surface area (Å²) in [6.45, 7) is 3.85. The Bertz CT molecular complexity index is 833. The minimum absolute atomic E-state index is 0.0794. The summed E-state index contributed by atoms with van der Waals surface area (Å²) in [7, 11) is -3.57. The number of rotatable bonds is 6. The molecule has 0 spiro atoms. The first-order valence-electron chi connectivity index (χ1n) is 8.34. The number of nitrogens with zero attached hydrogens (tertiary/aromatic N) is 1. The topological polar surface area (TPSA) is 66.5 Å². The molecule has 1 aliphatic rings. The Morgan fingerprint density at radius 3 is 2.44 bits per heavy atom. The van der Waals surface area contributed by atoms with E-state index in [4.69, 9.17) is 0 Å². The zero-order valence-electron chi connectivity index (χ0n) is 14.2. The Kier molecular flexibility index (Phi) is 5.32. The number of sulfonamides is 1. The second-order valence-electron chi connectivity index (χ2n) is 6.41. The number of likely N-dealkylation sites (tertiary alicyclic amines) is 1. The molecular weight excluding hydrogens is 336 g/mol. The predicted octanol–water partition coefficient (Wildman–Crippen LogP) is 2.44. The third-order valence-corrected chi connectivity index (χ3v) is 5.95. The highest BCUT2D eigenvalue weighted by Gasteiger charge is 2.27. The molecule has 3 rings (SSSR count). The molecule has 1 N–H and O–H groups in total. The molecular formula is C19H22N2O3S. The van der Waals surface area contributed by atoms with Gasteiger partial charge in [0.05, 0.1) is 4.90 Å². The fourth-order valence-electron chi connectivity index (χ4n) is 3.07. The van der Waals surface area contributed by atoms with Crippen molar-refractivity contribution in [3.8, 4) is 0 Å². The van der Waals surface area contributed by atoms with Crippen LogP contribution in [-0.4, -0.2) is 38.2 Å². The standard InChI is InChI=1S/C19H22N2O3S/c1-15(22)17-7-9-19(10-8-17)25(23,24)20-18-11-12-21(14-18)13-16-5-3-2-4-6-16/h2-10,18,20H,11-14H2,1H3. The SMILES string of the molecule is CC(=O)c1ccc(S(=O)(=O)NC2CCN(Cc3ccccc3)C2)cc1. The average molecular weight is 358 g/mol. The first-order valence-corrected chi connectivity index (χ1v) is 9.82. The van der Waals surface area contributed by atoms with Crippen LogP contribution in [-0.2, 0) is 16.6 Å². The maximum atomic E-state index is 12.5. The molecule has 1 fully saturated rings. The third kappa shape index (κ3) is 4.54. The molecule has 1 saturated heterocycles. The zero-order chi connectivity index (χ0) is 17.9. The largest absolute Gasteiger partial charge is 0.297 e. The lowest BCUT2D eigenvalue weighted by atomic mass is 10.2. The molecule has 0 bridgehead atoms. The van der Waals surface area contributed by atoms with Gasteiger partial charge < -0.3 is 0 Å². The number of nitrogens with one attached hydrogen (secondary N) is 1. The number of Topliss-reactive ketones (excluding diaryl/α,β-unsaturated/α-hetero) is 1. The Morgan fingerprint density at radius 2 is 1.80 bits per heavy atom. The molecule has 0 amide bonds. The summed E-state index contributed by atoms with van der Waals surface area (Å²) in [5.41, 5.74) is 1.74. The molecule has 1 unspecified atom stereocenters. The van der Waals surface area contributed by atoms with Crippen molar-refractivity contribution >= 4 is 15.8 Å². The van der Waals surface area contributed by atoms with Crippen molar-refractivity contribution in [3.63, 3.8) is 0 Å². The molecule has 0 saturated carbocycles. The van der Waals surface area contributed by atoms with E-state index in [1.165, 1.54) is 24.6 Å². The molecule has 1 heterocycles. The van der Waals surface area contributed by atoms with Gasteiger partial charge in [-0.25, -0.2) is 13.1 Å². The lowest BCUT2D eigenvalue weighted by Gasteiger charge is -2.17. The highest BCUT2D eigenvalue weighted by atomic mass is 32.2. The van der Waals surface area contributed by atoms with Crippen LogP contribution < -0.4 is 4.72 Å². The summed E-state index contributed by atoms with van der Waals surface area (Å²) in [5, 5.41) is 0. The van der Waals surface area contributed by atoms with Gasteiger partial charge in [0.15, 0.2) is 5.78 Å². The van der Waals surface area contributed by atoms with E-state index in [9.17, 15) is 13.2 Å². The van der Waals surface area contributed by atoms with Gasteiger partial charge in [-0.2, -0.15) is 0 Å². The summed E-state index contributed by atoms with van der Waals surface area (Å²) in [6, 6.07) is 16.1. The van der Waals surface area contributed by atoms with Gasteiger partial charge in [0.1, 0.15) is 0 Å². The van der Waals surface area contributed by atoms with E-state index in [2.05, 4.69) is 21.8 Å². The van der Waals surface area contributed by atoms with Crippen LogP contribution in [0.1, 0.15) is 29.3 Å². The van der Waals surface area contributed by atoms with Crippen molar-refractivity contribution in [2.45, 2.75) is 30.8 Å². The highest BCUT2D eigenvalue weighted by molar-refractivity contribution is 7.89. The van der Waals surface area contributed by atoms with Gasteiger partial charge in [-0.3, -0.25) is 9.69 Å². The zero-order valence-corrected chi connectivity index (χ0v) is 15.0. The smallest absolute Gasteiger partial charge is 0.240 e. The van der Waals surface area contributed by atoms with E-state index < -0.39 is 10.0 Å². The minimum atomic E-state index is -3.57. The lowest BCUT2D eigenvalue weighted by Crippen LogP contribution is -2.36. The molecule has 0 aliphatic carbocycles. The normalized spacial score (nSPS) is 18.4. The van der Waals surface area contributed by atoms with Gasteiger partial charge in [0.25, 0.3) is 0 Å². The molecule has 2 aromatic carbocycles. The Morgan fingerprint density at radius 1 is 1.12 bits per heavy atom. The Hall–Kier alpha value is -2.02. The first kappa shape index (κ1) is 17.8. The van der Waals surface area contributed by atoms with Crippen LogP contribution in [0.5, 0.6) is 0 Å². The van der Waals surface area contributed by atoms with Gasteiger partial charge in [0.2, 0.25) is 10.0 Å². The van der Waals surface area contributed by atoms with Crippen molar-refractivity contribution in [1.29, 1.82) is 0 Å². The first-order chi connectivity index (χ1) is 11.9. The van der Waals surface area contributed by atoms with E-state index in [1.54, 1.807) is 12.1 Å². The summed E-state index contributed by atoms with van der Waals surface area (Å²) in [4.78, 5) is 13.7. The summed E-state index contributed by atoms with van der Waals surface area (Å²) in [5.74, 6) is -0.0794. The van der Waals surface area contributed by atoms with Gasteiger partial charge in [0, 0.05) is 31.2 Å². The fraction of sp³-hybridized carbons (Fsp3) is 0.316. The van der Waals surface area contributed by atoms with E-state index >= 15 is 0 Å². The summed E-state index contributed by atoms with van der Waals surface area (Å²) >= 11 is 0. The number of benzene rings is 2. The van der Waals surface area contributed by atoms with E-state index in [1.807, 2.05) is 18.2 Å². The quantitative estimate of drug-likeness (QED) is 0.806. The number of hydrogen-bond acceptors (Lipinski definition) is 4. The number of carbonyl (C=O) groups excluding carboxylic acids is 1. The fourth-order valence-corrected chi connectivity index (χ4v) is 4.33. The molecule has 5 nitrogen and oxygen atoms in total. The van der Waals surface area contributed by atoms with Gasteiger partial charge in [-0.15, -0.1) is 0 Å². The number of carbonyl (C=O) groups is 1. The second-order valence-corrected chi connectivity index (χ2v) is 8.12. The average Bonchev–Trinajstić information content (AvgIpc) is 3.02. The van der Waals surface area contributed by atoms with Crippen LogP contribution in [0.25, 0.3) is 0 Å². The van der Waals surface area contributed by atoms with Crippen LogP contribution in [0.15, 0.2) is 59.5 Å². The lowest BCUT2D eigenvalue weighted by molar-refractivity contribution is 0.101. The molecule has 25 heavy (non-hydrogen) atoms. The molecule has 2 aromatic rings. The third-order valence-electron chi connectivity index (χ3n) is 4.41. The maximum Gasteiger partial charge on any atom is 0.240 e. The van der Waals surface area contributed by atoms with Gasteiger partial charge >= 0.3 is 0 Å². The molecule has 0 aromatic heterocycles. The Labute approximate surface area is 148 Å². The van der Waals surface area contributed by atoms with Crippen molar-refractivity contribution in [2.24, 2.45) is 0 Å². The van der Waals surface area contributed by atoms with Crippen LogP contribution >= 0.6 is 0 Å². The molecule has 0 radical (unpaired) electrons. The van der Waals surface area contributed by atoms with Crippen LogP contribution in [0.4, 0.5) is 0 Å². The number of hydrogen-bond donors (Lipinski definition) is 1. The number of ketones is 1. The van der Waals surface area contributed by atoms with Crippen molar-refractivity contribution in [1.82, 2.24) is 9.62 Å². The molecule has 1 atom stereocenters. The molecule has 132 valence electrons. The van der Waals surface area contributed by atoms with Crippen molar-refractivity contribution in [3.05, 3.63) is 65.7 Å². The van der Waals surface area contributed by atoms with Crippen LogP contribution in [0.2, 0.25) is 0 Å². The highest BCUT2D eigenvalue weighted by Crippen LogP contribution is 2.17. The van der Waals surface area contributed by atoms with Crippen LogP contribution in [0, 0.1) is 0 Å². The molecule has 6 heteroatoms. The minimum Gasteiger partial charge on any atom is -0.297 e. The summed E-state index contributed by atoms with van der Waals surface area (Å²) in [6.07, 6.45) is 0.789. The van der Waals surface area contributed by atoms with E-state index in [0.717, 1.165) is 19.5 Å². The predicted molar refractivity (Wildman–Crippen MR) is 96.9 cm³/mol. The van der Waals surface area contributed by atoms with Gasteiger partial charge in [-0.1, -0.05) is 42.5 Å². The Balaban J connectivity index is 1.61. The van der Waals surface area contributed by atoms with Gasteiger partial charge in [-0.05, 0) is 31.0 Å². The molecule has 1 aliphatic heterocycles. The summed E-state index contributed by atoms with van der Waals surface area (Å²) < 4.78 is 27.8. The maximum absolute atomic E-state index is 12.5. The van der Waals surface area contributed by atoms with Crippen molar-refractivity contribution in [2.75, 3.05) is 13.1 Å². The van der Waals surface area contributed by atoms with Crippen LogP contribution in [0.3, 0.4) is 0 Å². The van der Waals surface area contributed by atoms with Crippen molar-refractivity contribution < 1.29 is 13.2 Å². The monoisotopic (exact) mass is 358 g/mol. The van der Waals surface area contributed by atoms with E-state index in [0.29, 0.717) is 12.1 Å².